The Morgan fingerprint density at radius 1 is 1.40 bits per heavy atom. The van der Waals surface area contributed by atoms with Gasteiger partial charge in [0.25, 0.3) is 5.91 Å². The predicted molar refractivity (Wildman–Crippen MR) is 56.1 cm³/mol. The molecule has 2 nitrogen and oxygen atoms in total. The predicted octanol–water partition coefficient (Wildman–Crippen LogP) is 2.54. The molecule has 0 saturated heterocycles. The van der Waals surface area contributed by atoms with Crippen LogP contribution >= 0.6 is 0 Å². The number of hydrogen-bond donors (Lipinski definition) is 0. The summed E-state index contributed by atoms with van der Waals surface area (Å²) in [5, 5.41) is 0. The quantitative estimate of drug-likeness (QED) is 0.693. The summed E-state index contributed by atoms with van der Waals surface area (Å²) in [5.74, 6) is -0.614. The standard InChI is InChI=1S/C12H14FNO/c1-4-14-11(15)10-8(12(14,2)3)6-5-7-9(10)13/h5-7H,4H2,1-3H3. The molecule has 3 heteroatoms. The summed E-state index contributed by atoms with van der Waals surface area (Å²) in [4.78, 5) is 13.6. The Balaban J connectivity index is 2.68. The van der Waals surface area contributed by atoms with Gasteiger partial charge in [-0.15, -0.1) is 0 Å². The van der Waals surface area contributed by atoms with Crippen LogP contribution < -0.4 is 0 Å². The van der Waals surface area contributed by atoms with Crippen molar-refractivity contribution in [2.24, 2.45) is 0 Å². The van der Waals surface area contributed by atoms with E-state index < -0.39 is 11.4 Å². The first-order valence-electron chi connectivity index (χ1n) is 5.11. The van der Waals surface area contributed by atoms with Crippen LogP contribution in [0.25, 0.3) is 0 Å². The normalized spacial score (nSPS) is 18.1. The minimum Gasteiger partial charge on any atom is -0.330 e. The Morgan fingerprint density at radius 2 is 2.07 bits per heavy atom. The fourth-order valence-electron chi connectivity index (χ4n) is 2.32. The maximum Gasteiger partial charge on any atom is 0.257 e. The molecular formula is C12H14FNO. The summed E-state index contributed by atoms with van der Waals surface area (Å²) in [5.41, 5.74) is 0.627. The van der Waals surface area contributed by atoms with Gasteiger partial charge >= 0.3 is 0 Å². The third kappa shape index (κ3) is 1.19. The number of rotatable bonds is 1. The van der Waals surface area contributed by atoms with E-state index in [0.717, 1.165) is 5.56 Å². The van der Waals surface area contributed by atoms with Crippen LogP contribution in [0.2, 0.25) is 0 Å². The van der Waals surface area contributed by atoms with E-state index in [0.29, 0.717) is 6.54 Å². The fraction of sp³-hybridized carbons (Fsp3) is 0.417. The third-order valence-electron chi connectivity index (χ3n) is 3.12. The number of hydrogen-bond acceptors (Lipinski definition) is 1. The number of carbonyl (C=O) groups excluding carboxylic acids is 1. The molecule has 0 aliphatic carbocycles. The zero-order chi connectivity index (χ0) is 11.2. The van der Waals surface area contributed by atoms with Gasteiger partial charge in [-0.1, -0.05) is 12.1 Å². The first-order chi connectivity index (χ1) is 7.00. The van der Waals surface area contributed by atoms with E-state index in [2.05, 4.69) is 0 Å². The molecule has 0 radical (unpaired) electrons. The van der Waals surface area contributed by atoms with Crippen molar-refractivity contribution in [3.8, 4) is 0 Å². The minimum atomic E-state index is -0.415. The molecule has 0 N–H and O–H groups in total. The van der Waals surface area contributed by atoms with E-state index in [1.165, 1.54) is 6.07 Å². The van der Waals surface area contributed by atoms with Gasteiger partial charge in [-0.2, -0.15) is 0 Å². The Hall–Kier alpha value is -1.38. The fourth-order valence-corrected chi connectivity index (χ4v) is 2.32. The number of halogens is 1. The first kappa shape index (κ1) is 10.1. The number of carbonyl (C=O) groups is 1. The highest BCUT2D eigenvalue weighted by Gasteiger charge is 2.43. The van der Waals surface area contributed by atoms with Crippen LogP contribution in [0.15, 0.2) is 18.2 Å². The largest absolute Gasteiger partial charge is 0.330 e. The van der Waals surface area contributed by atoms with Gasteiger partial charge in [0.15, 0.2) is 0 Å². The lowest BCUT2D eigenvalue weighted by Gasteiger charge is -2.31. The van der Waals surface area contributed by atoms with Crippen LogP contribution in [0.4, 0.5) is 4.39 Å². The number of nitrogens with zero attached hydrogens (tertiary/aromatic N) is 1. The Bertz CT molecular complexity index is 426. The van der Waals surface area contributed by atoms with Gasteiger partial charge in [0.2, 0.25) is 0 Å². The molecule has 2 rings (SSSR count). The molecule has 0 saturated carbocycles. The maximum atomic E-state index is 13.5. The van der Waals surface area contributed by atoms with Crippen molar-refractivity contribution >= 4 is 5.91 Å². The van der Waals surface area contributed by atoms with Gasteiger partial charge in [0.1, 0.15) is 5.82 Å². The van der Waals surface area contributed by atoms with E-state index >= 15 is 0 Å². The molecule has 0 unspecified atom stereocenters. The maximum absolute atomic E-state index is 13.5. The molecule has 0 aromatic heterocycles. The molecule has 0 spiro atoms. The van der Waals surface area contributed by atoms with Crippen molar-refractivity contribution in [1.82, 2.24) is 4.90 Å². The number of amides is 1. The van der Waals surface area contributed by atoms with Crippen molar-refractivity contribution in [2.75, 3.05) is 6.54 Å². The average Bonchev–Trinajstić information content (AvgIpc) is 2.36. The average molecular weight is 207 g/mol. The second-order valence-electron chi connectivity index (χ2n) is 4.27. The van der Waals surface area contributed by atoms with Gasteiger partial charge in [0.05, 0.1) is 11.1 Å². The van der Waals surface area contributed by atoms with Crippen LogP contribution in [0.1, 0.15) is 36.7 Å². The summed E-state index contributed by atoms with van der Waals surface area (Å²) in [6.45, 7) is 6.39. The van der Waals surface area contributed by atoms with E-state index in [9.17, 15) is 9.18 Å². The minimum absolute atomic E-state index is 0.199. The zero-order valence-electron chi connectivity index (χ0n) is 9.17. The van der Waals surface area contributed by atoms with Gasteiger partial charge in [-0.05, 0) is 32.4 Å². The van der Waals surface area contributed by atoms with Crippen molar-refractivity contribution < 1.29 is 9.18 Å². The van der Waals surface area contributed by atoms with Crippen LogP contribution in [-0.4, -0.2) is 17.4 Å². The SMILES string of the molecule is CCN1C(=O)c2c(F)cccc2C1(C)C. The number of fused-ring (bicyclic) bond motifs is 1. The van der Waals surface area contributed by atoms with Crippen molar-refractivity contribution in [2.45, 2.75) is 26.3 Å². The highest BCUT2D eigenvalue weighted by molar-refractivity contribution is 6.00. The Morgan fingerprint density at radius 3 is 2.60 bits per heavy atom. The highest BCUT2D eigenvalue weighted by Crippen LogP contribution is 2.39. The lowest BCUT2D eigenvalue weighted by atomic mass is 9.94. The van der Waals surface area contributed by atoms with E-state index in [1.807, 2.05) is 26.8 Å². The molecule has 1 aromatic carbocycles. The van der Waals surface area contributed by atoms with Crippen molar-refractivity contribution in [3.05, 3.63) is 35.1 Å². The molecule has 80 valence electrons. The molecule has 1 heterocycles. The molecule has 1 amide bonds. The van der Waals surface area contributed by atoms with Crippen LogP contribution in [0, 0.1) is 5.82 Å². The zero-order valence-corrected chi connectivity index (χ0v) is 9.17. The molecule has 1 aliphatic rings. The van der Waals surface area contributed by atoms with Crippen LogP contribution in [0.5, 0.6) is 0 Å². The summed E-state index contributed by atoms with van der Waals surface area (Å²) < 4.78 is 13.5. The smallest absolute Gasteiger partial charge is 0.257 e. The Labute approximate surface area is 88.7 Å². The first-order valence-corrected chi connectivity index (χ1v) is 5.11. The molecule has 1 aromatic rings. The molecule has 1 aliphatic heterocycles. The Kier molecular flexibility index (Phi) is 2.07. The van der Waals surface area contributed by atoms with E-state index in [-0.39, 0.29) is 11.5 Å². The van der Waals surface area contributed by atoms with Crippen molar-refractivity contribution in [1.29, 1.82) is 0 Å². The lowest BCUT2D eigenvalue weighted by molar-refractivity contribution is 0.0633. The molecule has 15 heavy (non-hydrogen) atoms. The monoisotopic (exact) mass is 207 g/mol. The summed E-state index contributed by atoms with van der Waals surface area (Å²) in [6, 6.07) is 4.82. The van der Waals surface area contributed by atoms with Gasteiger partial charge in [-0.25, -0.2) is 4.39 Å². The molecule has 0 fully saturated rings. The van der Waals surface area contributed by atoms with Crippen molar-refractivity contribution in [3.63, 3.8) is 0 Å². The third-order valence-corrected chi connectivity index (χ3v) is 3.12. The molecular weight excluding hydrogens is 193 g/mol. The second-order valence-corrected chi connectivity index (χ2v) is 4.27. The van der Waals surface area contributed by atoms with Crippen LogP contribution in [-0.2, 0) is 5.54 Å². The van der Waals surface area contributed by atoms with Crippen LogP contribution in [0.3, 0.4) is 0 Å². The molecule has 0 bridgehead atoms. The second kappa shape index (κ2) is 3.05. The summed E-state index contributed by atoms with van der Waals surface area (Å²) in [6.07, 6.45) is 0. The van der Waals surface area contributed by atoms with Gasteiger partial charge < -0.3 is 4.90 Å². The van der Waals surface area contributed by atoms with Gasteiger partial charge in [0, 0.05) is 6.54 Å². The van der Waals surface area contributed by atoms with E-state index in [4.69, 9.17) is 0 Å². The van der Waals surface area contributed by atoms with Gasteiger partial charge in [-0.3, -0.25) is 4.79 Å². The highest BCUT2D eigenvalue weighted by atomic mass is 19.1. The topological polar surface area (TPSA) is 20.3 Å². The van der Waals surface area contributed by atoms with E-state index in [1.54, 1.807) is 11.0 Å². The summed E-state index contributed by atoms with van der Waals surface area (Å²) >= 11 is 0. The lowest BCUT2D eigenvalue weighted by Crippen LogP contribution is -2.38. The number of benzene rings is 1. The summed E-state index contributed by atoms with van der Waals surface area (Å²) in [7, 11) is 0. The molecule has 0 atom stereocenters.